The number of nitrogens with zero attached hydrogens (tertiary/aromatic N) is 2. The van der Waals surface area contributed by atoms with Crippen LogP contribution in [0.2, 0.25) is 5.02 Å². The molecule has 0 radical (unpaired) electrons. The monoisotopic (exact) mass is 509 g/mol. The summed E-state index contributed by atoms with van der Waals surface area (Å²) >= 11 is 11.5. The Morgan fingerprint density at radius 1 is 1.14 bits per heavy atom. The molecule has 3 aromatic rings. The summed E-state index contributed by atoms with van der Waals surface area (Å²) in [5.74, 6) is 0.620. The number of thiocarbonyl (C=S) groups is 1. The Balaban J connectivity index is 1.56. The summed E-state index contributed by atoms with van der Waals surface area (Å²) in [6.07, 6.45) is 1.70. The molecular weight excluding hydrogens is 490 g/mol. The largest absolute Gasteiger partial charge is 0.496 e. The number of rotatable bonds is 7. The lowest BCUT2D eigenvalue weighted by Crippen LogP contribution is -2.30. The number of non-ortho nitro benzene ring substituents is 1. The van der Waals surface area contributed by atoms with Crippen LogP contribution in [0.25, 0.3) is 6.08 Å². The van der Waals surface area contributed by atoms with Gasteiger partial charge in [0, 0.05) is 17.7 Å². The second kappa shape index (κ2) is 10.1. The average Bonchev–Trinajstić information content (AvgIpc) is 3.10. The van der Waals surface area contributed by atoms with Gasteiger partial charge in [0.1, 0.15) is 23.8 Å². The maximum absolute atomic E-state index is 13.1. The number of carbonyl (C=O) groups is 1. The van der Waals surface area contributed by atoms with Crippen molar-refractivity contribution in [1.29, 1.82) is 0 Å². The molecule has 0 atom stereocenters. The van der Waals surface area contributed by atoms with Gasteiger partial charge in [0.15, 0.2) is 5.11 Å². The van der Waals surface area contributed by atoms with E-state index in [4.69, 9.17) is 33.3 Å². The van der Waals surface area contributed by atoms with Crippen molar-refractivity contribution in [2.24, 2.45) is 0 Å². The molecule has 4 rings (SSSR count). The lowest BCUT2D eigenvalue weighted by atomic mass is 10.1. The standard InChI is InChI=1S/C25H20ClN3O5S/c1-15-4-3-5-18(10-15)28-24(30)21(27-25(28)35)12-16-6-8-22(33-2)17(11-16)14-34-23-9-7-19(29(31)32)13-20(23)26/h3-13H,14H2,1-2H3,(H,27,35)/b21-12+. The Morgan fingerprint density at radius 2 is 1.91 bits per heavy atom. The fourth-order valence-electron chi connectivity index (χ4n) is 3.58. The first-order valence-corrected chi connectivity index (χ1v) is 11.2. The highest BCUT2D eigenvalue weighted by Gasteiger charge is 2.32. The fourth-order valence-corrected chi connectivity index (χ4v) is 4.11. The van der Waals surface area contributed by atoms with Crippen molar-refractivity contribution in [2.75, 3.05) is 12.0 Å². The Morgan fingerprint density at radius 3 is 2.60 bits per heavy atom. The lowest BCUT2D eigenvalue weighted by molar-refractivity contribution is -0.384. The van der Waals surface area contributed by atoms with E-state index in [2.05, 4.69) is 5.32 Å². The second-order valence-electron chi connectivity index (χ2n) is 7.70. The van der Waals surface area contributed by atoms with Crippen LogP contribution in [-0.4, -0.2) is 23.1 Å². The molecule has 1 N–H and O–H groups in total. The average molecular weight is 510 g/mol. The number of hydrogen-bond acceptors (Lipinski definition) is 6. The van der Waals surface area contributed by atoms with Crippen molar-refractivity contribution in [3.63, 3.8) is 0 Å². The quantitative estimate of drug-likeness (QED) is 0.197. The van der Waals surface area contributed by atoms with Crippen LogP contribution in [0.15, 0.2) is 66.4 Å². The summed E-state index contributed by atoms with van der Waals surface area (Å²) in [6.45, 7) is 2.04. The summed E-state index contributed by atoms with van der Waals surface area (Å²) in [5, 5.41) is 14.3. The van der Waals surface area contributed by atoms with Crippen LogP contribution < -0.4 is 19.7 Å². The second-order valence-corrected chi connectivity index (χ2v) is 8.49. The number of nitro groups is 1. The Kier molecular flexibility index (Phi) is 6.99. The minimum atomic E-state index is -0.528. The molecule has 8 nitrogen and oxygen atoms in total. The number of amides is 1. The van der Waals surface area contributed by atoms with E-state index in [1.165, 1.54) is 30.2 Å². The topological polar surface area (TPSA) is 93.9 Å². The molecule has 1 aliphatic rings. The van der Waals surface area contributed by atoms with Crippen LogP contribution in [0.5, 0.6) is 11.5 Å². The minimum Gasteiger partial charge on any atom is -0.496 e. The number of hydrogen-bond donors (Lipinski definition) is 1. The molecule has 1 fully saturated rings. The van der Waals surface area contributed by atoms with Gasteiger partial charge in [-0.3, -0.25) is 19.8 Å². The fraction of sp³-hybridized carbons (Fsp3) is 0.120. The molecule has 1 heterocycles. The van der Waals surface area contributed by atoms with Gasteiger partial charge >= 0.3 is 0 Å². The van der Waals surface area contributed by atoms with Crippen LogP contribution in [-0.2, 0) is 11.4 Å². The summed E-state index contributed by atoms with van der Waals surface area (Å²) in [7, 11) is 1.54. The summed E-state index contributed by atoms with van der Waals surface area (Å²) < 4.78 is 11.2. The molecule has 1 amide bonds. The number of carbonyl (C=O) groups excluding carboxylic acids is 1. The molecule has 10 heteroatoms. The maximum atomic E-state index is 13.1. The van der Waals surface area contributed by atoms with E-state index in [0.29, 0.717) is 33.6 Å². The van der Waals surface area contributed by atoms with Gasteiger partial charge in [-0.25, -0.2) is 0 Å². The highest BCUT2D eigenvalue weighted by atomic mass is 35.5. The molecule has 1 aliphatic heterocycles. The first-order chi connectivity index (χ1) is 16.8. The molecule has 0 aromatic heterocycles. The Bertz CT molecular complexity index is 1370. The molecule has 0 bridgehead atoms. The lowest BCUT2D eigenvalue weighted by Gasteiger charge is -2.14. The van der Waals surface area contributed by atoms with Gasteiger partial charge in [-0.2, -0.15) is 0 Å². The van der Waals surface area contributed by atoms with Gasteiger partial charge in [-0.1, -0.05) is 29.8 Å². The SMILES string of the molecule is COc1ccc(/C=C2/NC(=S)N(c3cccc(C)c3)C2=O)cc1COc1ccc([N+](=O)[O-])cc1Cl. The molecule has 0 aliphatic carbocycles. The third-order valence-corrected chi connectivity index (χ3v) is 5.84. The number of benzene rings is 3. The summed E-state index contributed by atoms with van der Waals surface area (Å²) in [5.41, 5.74) is 3.35. The number of aryl methyl sites for hydroxylation is 1. The van der Waals surface area contributed by atoms with Gasteiger partial charge in [-0.15, -0.1) is 0 Å². The molecule has 178 valence electrons. The van der Waals surface area contributed by atoms with E-state index < -0.39 is 4.92 Å². The predicted octanol–water partition coefficient (Wildman–Crippen LogP) is 5.41. The highest BCUT2D eigenvalue weighted by Crippen LogP contribution is 2.31. The zero-order valence-electron chi connectivity index (χ0n) is 18.8. The molecular formula is C25H20ClN3O5S. The number of nitro benzene ring substituents is 1. The highest BCUT2D eigenvalue weighted by molar-refractivity contribution is 7.80. The predicted molar refractivity (Wildman–Crippen MR) is 138 cm³/mol. The molecule has 0 unspecified atom stereocenters. The summed E-state index contributed by atoms with van der Waals surface area (Å²) in [4.78, 5) is 24.9. The third-order valence-electron chi connectivity index (χ3n) is 5.26. The number of nitrogens with one attached hydrogen (secondary N) is 1. The van der Waals surface area contributed by atoms with Crippen LogP contribution >= 0.6 is 23.8 Å². The molecule has 35 heavy (non-hydrogen) atoms. The van der Waals surface area contributed by atoms with Crippen molar-refractivity contribution in [1.82, 2.24) is 5.32 Å². The van der Waals surface area contributed by atoms with Crippen molar-refractivity contribution in [3.05, 3.63) is 98.2 Å². The van der Waals surface area contributed by atoms with Gasteiger partial charge < -0.3 is 14.8 Å². The first-order valence-electron chi connectivity index (χ1n) is 10.4. The number of anilines is 1. The number of halogens is 1. The van der Waals surface area contributed by atoms with E-state index in [0.717, 1.165) is 11.1 Å². The molecule has 0 spiro atoms. The zero-order chi connectivity index (χ0) is 25.1. The van der Waals surface area contributed by atoms with Gasteiger partial charge in [0.05, 0.1) is 22.7 Å². The van der Waals surface area contributed by atoms with Crippen LogP contribution in [0.1, 0.15) is 16.7 Å². The minimum absolute atomic E-state index is 0.0902. The zero-order valence-corrected chi connectivity index (χ0v) is 20.4. The Hall–Kier alpha value is -3.95. The first kappa shape index (κ1) is 24.2. The van der Waals surface area contributed by atoms with Crippen molar-refractivity contribution in [3.8, 4) is 11.5 Å². The van der Waals surface area contributed by atoms with Crippen molar-refractivity contribution < 1.29 is 19.2 Å². The van der Waals surface area contributed by atoms with E-state index in [9.17, 15) is 14.9 Å². The molecule has 3 aromatic carbocycles. The van der Waals surface area contributed by atoms with Crippen molar-refractivity contribution in [2.45, 2.75) is 13.5 Å². The van der Waals surface area contributed by atoms with E-state index in [1.807, 2.05) is 43.3 Å². The van der Waals surface area contributed by atoms with Crippen molar-refractivity contribution >= 4 is 52.3 Å². The van der Waals surface area contributed by atoms with Gasteiger partial charge in [0.2, 0.25) is 0 Å². The molecule has 1 saturated heterocycles. The van der Waals surface area contributed by atoms with E-state index in [-0.39, 0.29) is 23.2 Å². The number of methoxy groups -OCH3 is 1. The number of ether oxygens (including phenoxy) is 2. The van der Waals surface area contributed by atoms with Crippen LogP contribution in [0, 0.1) is 17.0 Å². The maximum Gasteiger partial charge on any atom is 0.281 e. The third kappa shape index (κ3) is 5.26. The van der Waals surface area contributed by atoms with E-state index in [1.54, 1.807) is 12.1 Å². The molecule has 0 saturated carbocycles. The van der Waals surface area contributed by atoms with Gasteiger partial charge in [-0.05, 0) is 66.7 Å². The van der Waals surface area contributed by atoms with Gasteiger partial charge in [0.25, 0.3) is 11.6 Å². The Labute approximate surface area is 211 Å². The van der Waals surface area contributed by atoms with E-state index >= 15 is 0 Å². The summed E-state index contributed by atoms with van der Waals surface area (Å²) in [6, 6.07) is 16.9. The van der Waals surface area contributed by atoms with Crippen LogP contribution in [0.3, 0.4) is 0 Å². The normalized spacial score (nSPS) is 14.3. The smallest absolute Gasteiger partial charge is 0.281 e. The van der Waals surface area contributed by atoms with Crippen LogP contribution in [0.4, 0.5) is 11.4 Å².